The second-order valence-electron chi connectivity index (χ2n) is 3.99. The molecule has 0 heterocycles. The Hall–Kier alpha value is -1.23. The van der Waals surface area contributed by atoms with E-state index in [2.05, 4.69) is 0 Å². The van der Waals surface area contributed by atoms with Crippen molar-refractivity contribution in [1.82, 2.24) is 0 Å². The van der Waals surface area contributed by atoms with E-state index in [-0.39, 0.29) is 24.3 Å². The maximum atomic E-state index is 13.4. The molecule has 2 rings (SSSR count). The van der Waals surface area contributed by atoms with Crippen molar-refractivity contribution >= 4 is 0 Å². The molecule has 0 aliphatic heterocycles. The standard InChI is InChI=1S/C11H12F3NO/c1-16-9-7(3-2-4-8(9)12)10(6-15)5-11(10,13)14/h2-4H,5-6,15H2,1H3. The highest BCUT2D eigenvalue weighted by atomic mass is 19.3. The zero-order chi connectivity index (χ0) is 12.0. The van der Waals surface area contributed by atoms with E-state index in [0.717, 1.165) is 0 Å². The molecule has 1 aromatic rings. The summed E-state index contributed by atoms with van der Waals surface area (Å²) in [5.74, 6) is -3.65. The van der Waals surface area contributed by atoms with Crippen LogP contribution in [0.5, 0.6) is 5.75 Å². The summed E-state index contributed by atoms with van der Waals surface area (Å²) in [4.78, 5) is 0. The van der Waals surface area contributed by atoms with E-state index in [1.165, 1.54) is 25.3 Å². The molecule has 0 radical (unpaired) electrons. The third kappa shape index (κ3) is 1.31. The third-order valence-corrected chi connectivity index (χ3v) is 3.13. The van der Waals surface area contributed by atoms with Gasteiger partial charge in [-0.15, -0.1) is 0 Å². The highest BCUT2D eigenvalue weighted by Crippen LogP contribution is 2.62. The minimum atomic E-state index is -2.87. The Bertz CT molecular complexity index is 422. The lowest BCUT2D eigenvalue weighted by Crippen LogP contribution is -2.27. The summed E-state index contributed by atoms with van der Waals surface area (Å²) in [6, 6.07) is 4.00. The molecule has 1 saturated carbocycles. The molecule has 0 bridgehead atoms. The van der Waals surface area contributed by atoms with E-state index in [4.69, 9.17) is 10.5 Å². The van der Waals surface area contributed by atoms with Gasteiger partial charge in [0.15, 0.2) is 11.6 Å². The smallest absolute Gasteiger partial charge is 0.260 e. The summed E-state index contributed by atoms with van der Waals surface area (Å²) < 4.78 is 44.9. The Morgan fingerprint density at radius 3 is 2.50 bits per heavy atom. The SMILES string of the molecule is COc1c(F)cccc1C1(CN)CC1(F)F. The first kappa shape index (κ1) is 11.3. The van der Waals surface area contributed by atoms with Gasteiger partial charge in [-0.05, 0) is 6.07 Å². The van der Waals surface area contributed by atoms with Crippen molar-refractivity contribution < 1.29 is 17.9 Å². The highest BCUT2D eigenvalue weighted by molar-refractivity contribution is 5.48. The molecule has 2 nitrogen and oxygen atoms in total. The normalized spacial score (nSPS) is 26.6. The van der Waals surface area contributed by atoms with Crippen LogP contribution in [0.25, 0.3) is 0 Å². The van der Waals surface area contributed by atoms with Gasteiger partial charge in [0, 0.05) is 18.5 Å². The van der Waals surface area contributed by atoms with Crippen molar-refractivity contribution in [2.75, 3.05) is 13.7 Å². The van der Waals surface area contributed by atoms with Crippen LogP contribution in [0.15, 0.2) is 18.2 Å². The lowest BCUT2D eigenvalue weighted by Gasteiger charge is -2.18. The van der Waals surface area contributed by atoms with Gasteiger partial charge < -0.3 is 10.5 Å². The van der Waals surface area contributed by atoms with E-state index in [1.54, 1.807) is 0 Å². The molecule has 0 amide bonds. The quantitative estimate of drug-likeness (QED) is 0.864. The topological polar surface area (TPSA) is 35.2 Å². The first-order valence-corrected chi connectivity index (χ1v) is 4.89. The lowest BCUT2D eigenvalue weighted by atomic mass is 9.94. The molecule has 0 aromatic heterocycles. The van der Waals surface area contributed by atoms with Gasteiger partial charge in [-0.1, -0.05) is 12.1 Å². The summed E-state index contributed by atoms with van der Waals surface area (Å²) in [7, 11) is 1.26. The van der Waals surface area contributed by atoms with Crippen molar-refractivity contribution in [2.24, 2.45) is 5.73 Å². The Kier molecular flexibility index (Phi) is 2.38. The molecule has 88 valence electrons. The number of hydrogen-bond acceptors (Lipinski definition) is 2. The Labute approximate surface area is 91.2 Å². The summed E-state index contributed by atoms with van der Waals surface area (Å²) in [6.07, 6.45) is -0.351. The third-order valence-electron chi connectivity index (χ3n) is 3.13. The van der Waals surface area contributed by atoms with Crippen LogP contribution in [0, 0.1) is 5.82 Å². The van der Waals surface area contributed by atoms with Crippen LogP contribution >= 0.6 is 0 Å². The van der Waals surface area contributed by atoms with Gasteiger partial charge in [0.1, 0.15) is 0 Å². The molecular weight excluding hydrogens is 219 g/mol. The van der Waals surface area contributed by atoms with Gasteiger partial charge in [0.25, 0.3) is 5.92 Å². The van der Waals surface area contributed by atoms with Crippen molar-refractivity contribution in [2.45, 2.75) is 17.8 Å². The second kappa shape index (κ2) is 3.38. The number of para-hydroxylation sites is 1. The largest absolute Gasteiger partial charge is 0.493 e. The Morgan fingerprint density at radius 1 is 1.44 bits per heavy atom. The Balaban J connectivity index is 2.53. The average molecular weight is 231 g/mol. The molecule has 1 aromatic carbocycles. The van der Waals surface area contributed by atoms with Gasteiger partial charge in [0.2, 0.25) is 0 Å². The first-order chi connectivity index (χ1) is 7.48. The van der Waals surface area contributed by atoms with E-state index in [1.807, 2.05) is 0 Å². The molecule has 2 N–H and O–H groups in total. The second-order valence-corrected chi connectivity index (χ2v) is 3.99. The first-order valence-electron chi connectivity index (χ1n) is 4.89. The summed E-state index contributed by atoms with van der Waals surface area (Å²) in [5, 5.41) is 0. The van der Waals surface area contributed by atoms with Gasteiger partial charge in [-0.3, -0.25) is 0 Å². The summed E-state index contributed by atoms with van der Waals surface area (Å²) >= 11 is 0. The fourth-order valence-electron chi connectivity index (χ4n) is 2.05. The zero-order valence-corrected chi connectivity index (χ0v) is 8.77. The number of hydrogen-bond donors (Lipinski definition) is 1. The number of benzene rings is 1. The van der Waals surface area contributed by atoms with Crippen LogP contribution < -0.4 is 10.5 Å². The minimum Gasteiger partial charge on any atom is -0.493 e. The maximum absolute atomic E-state index is 13.4. The molecule has 1 atom stereocenters. The number of halogens is 3. The van der Waals surface area contributed by atoms with Gasteiger partial charge in [-0.25, -0.2) is 13.2 Å². The molecule has 1 aliphatic carbocycles. The van der Waals surface area contributed by atoms with Crippen LogP contribution in [0.4, 0.5) is 13.2 Å². The van der Waals surface area contributed by atoms with Crippen LogP contribution in [0.1, 0.15) is 12.0 Å². The number of nitrogens with two attached hydrogens (primary N) is 1. The molecule has 1 fully saturated rings. The van der Waals surface area contributed by atoms with Gasteiger partial charge in [0.05, 0.1) is 12.5 Å². The summed E-state index contributed by atoms with van der Waals surface area (Å²) in [5.41, 5.74) is 4.09. The van der Waals surface area contributed by atoms with E-state index < -0.39 is 17.2 Å². The molecule has 1 aliphatic rings. The predicted molar refractivity (Wildman–Crippen MR) is 53.2 cm³/mol. The number of ether oxygens (including phenoxy) is 1. The monoisotopic (exact) mass is 231 g/mol. The highest BCUT2D eigenvalue weighted by Gasteiger charge is 2.72. The van der Waals surface area contributed by atoms with Crippen LogP contribution in [0.3, 0.4) is 0 Å². The molecule has 0 saturated heterocycles. The van der Waals surface area contributed by atoms with Crippen molar-refractivity contribution in [3.05, 3.63) is 29.6 Å². The van der Waals surface area contributed by atoms with Crippen LogP contribution in [-0.2, 0) is 5.41 Å². The van der Waals surface area contributed by atoms with Gasteiger partial charge >= 0.3 is 0 Å². The molecule has 16 heavy (non-hydrogen) atoms. The fraction of sp³-hybridized carbons (Fsp3) is 0.455. The zero-order valence-electron chi connectivity index (χ0n) is 8.77. The number of rotatable bonds is 3. The van der Waals surface area contributed by atoms with Crippen LogP contribution in [-0.4, -0.2) is 19.6 Å². The fourth-order valence-corrected chi connectivity index (χ4v) is 2.05. The van der Waals surface area contributed by atoms with Crippen LogP contribution in [0.2, 0.25) is 0 Å². The van der Waals surface area contributed by atoms with Crippen molar-refractivity contribution in [3.8, 4) is 5.75 Å². The Morgan fingerprint density at radius 2 is 2.06 bits per heavy atom. The molecule has 0 spiro atoms. The number of methoxy groups -OCH3 is 1. The average Bonchev–Trinajstić information content (AvgIpc) is 2.82. The molecule has 5 heteroatoms. The van der Waals surface area contributed by atoms with E-state index in [9.17, 15) is 13.2 Å². The van der Waals surface area contributed by atoms with Crippen molar-refractivity contribution in [3.63, 3.8) is 0 Å². The van der Waals surface area contributed by atoms with Gasteiger partial charge in [-0.2, -0.15) is 0 Å². The summed E-state index contributed by atoms with van der Waals surface area (Å²) in [6.45, 7) is -0.222. The minimum absolute atomic E-state index is 0.134. The molecular formula is C11H12F3NO. The van der Waals surface area contributed by atoms with Crippen molar-refractivity contribution in [1.29, 1.82) is 0 Å². The van der Waals surface area contributed by atoms with E-state index >= 15 is 0 Å². The van der Waals surface area contributed by atoms with E-state index in [0.29, 0.717) is 0 Å². The predicted octanol–water partition coefficient (Wildman–Crippen LogP) is 2.07. The number of alkyl halides is 2. The maximum Gasteiger partial charge on any atom is 0.260 e. The molecule has 1 unspecified atom stereocenters. The lowest BCUT2D eigenvalue weighted by molar-refractivity contribution is 0.0888.